The fourth-order valence-corrected chi connectivity index (χ4v) is 3.41. The molecular weight excluding hydrogens is 332 g/mol. The lowest BCUT2D eigenvalue weighted by molar-refractivity contribution is -0.125. The van der Waals surface area contributed by atoms with Gasteiger partial charge in [-0.3, -0.25) is 9.78 Å². The van der Waals surface area contributed by atoms with Crippen LogP contribution in [0.5, 0.6) is 0 Å². The van der Waals surface area contributed by atoms with Crippen LogP contribution in [0.4, 0.5) is 5.69 Å². The first kappa shape index (κ1) is 14.6. The van der Waals surface area contributed by atoms with E-state index in [4.69, 9.17) is 17.3 Å². The molecule has 0 unspecified atom stereocenters. The van der Waals surface area contributed by atoms with Crippen LogP contribution in [0, 0.1) is 0 Å². The molecule has 0 aromatic carbocycles. The highest BCUT2D eigenvalue weighted by Gasteiger charge is 2.39. The maximum absolute atomic E-state index is 11.6. The van der Waals surface area contributed by atoms with Crippen molar-refractivity contribution in [2.24, 2.45) is 5.73 Å². The molecule has 0 atom stereocenters. The smallest absolute Gasteiger partial charge is 0.237 e. The van der Waals surface area contributed by atoms with Crippen LogP contribution >= 0.6 is 27.5 Å². The second-order valence-electron chi connectivity index (χ2n) is 4.64. The summed E-state index contributed by atoms with van der Waals surface area (Å²) >= 11 is 9.65. The number of carbonyl (C=O) groups is 1. The molecule has 2 heterocycles. The molecule has 104 valence electrons. The molecule has 1 aliphatic heterocycles. The van der Waals surface area contributed by atoms with Gasteiger partial charge in [0.25, 0.3) is 0 Å². The number of aromatic nitrogens is 1. The third kappa shape index (κ3) is 2.70. The van der Waals surface area contributed by atoms with E-state index in [1.807, 2.05) is 0 Å². The number of rotatable bonds is 3. The summed E-state index contributed by atoms with van der Waals surface area (Å²) in [4.78, 5) is 17.7. The van der Waals surface area contributed by atoms with E-state index < -0.39 is 5.54 Å². The van der Waals surface area contributed by atoms with E-state index in [1.165, 1.54) is 0 Å². The number of amides is 1. The summed E-state index contributed by atoms with van der Waals surface area (Å²) in [6.07, 6.45) is 4.65. The van der Waals surface area contributed by atoms with Crippen molar-refractivity contribution in [2.75, 3.05) is 25.0 Å². The van der Waals surface area contributed by atoms with Gasteiger partial charge in [0.05, 0.1) is 15.2 Å². The number of halogens is 2. The molecule has 1 fully saturated rings. The number of nitrogens with one attached hydrogen (secondary N) is 1. The van der Waals surface area contributed by atoms with Gasteiger partial charge < -0.3 is 16.0 Å². The van der Waals surface area contributed by atoms with Crippen molar-refractivity contribution in [3.05, 3.63) is 21.9 Å². The maximum Gasteiger partial charge on any atom is 0.237 e. The second kappa shape index (κ2) is 5.64. The van der Waals surface area contributed by atoms with E-state index in [1.54, 1.807) is 19.4 Å². The van der Waals surface area contributed by atoms with E-state index in [-0.39, 0.29) is 5.91 Å². The first-order chi connectivity index (χ1) is 9.00. The zero-order chi connectivity index (χ0) is 14.0. The third-order valence-corrected chi connectivity index (χ3v) is 4.57. The number of pyridine rings is 1. The Bertz CT molecular complexity index is 468. The van der Waals surface area contributed by atoms with Crippen LogP contribution in [0.25, 0.3) is 0 Å². The summed E-state index contributed by atoms with van der Waals surface area (Å²) in [5, 5.41) is 3.66. The number of hydrogen-bond acceptors (Lipinski definition) is 4. The van der Waals surface area contributed by atoms with Crippen LogP contribution in [0.15, 0.2) is 16.9 Å². The predicted molar refractivity (Wildman–Crippen MR) is 79.4 cm³/mol. The predicted octanol–water partition coefficient (Wildman–Crippen LogP) is 1.54. The number of likely N-dealkylation sites (N-methyl/N-ethyl adjacent to an activating group) is 1. The van der Waals surface area contributed by atoms with Gasteiger partial charge in [0.2, 0.25) is 5.91 Å². The van der Waals surface area contributed by atoms with Crippen molar-refractivity contribution in [2.45, 2.75) is 18.4 Å². The molecule has 2 rings (SSSR count). The molecule has 5 nitrogen and oxygen atoms in total. The van der Waals surface area contributed by atoms with Crippen LogP contribution in [0.3, 0.4) is 0 Å². The Labute approximate surface area is 125 Å². The van der Waals surface area contributed by atoms with Gasteiger partial charge in [0.1, 0.15) is 5.54 Å². The number of hydrogen-bond donors (Lipinski definition) is 2. The van der Waals surface area contributed by atoms with Gasteiger partial charge >= 0.3 is 0 Å². The normalized spacial score (nSPS) is 18.4. The molecule has 1 amide bonds. The minimum atomic E-state index is -0.609. The van der Waals surface area contributed by atoms with Gasteiger partial charge in [0.15, 0.2) is 0 Å². The van der Waals surface area contributed by atoms with Crippen LogP contribution in [0.2, 0.25) is 5.02 Å². The third-order valence-electron chi connectivity index (χ3n) is 3.71. The van der Waals surface area contributed by atoms with Crippen molar-refractivity contribution >= 4 is 39.1 Å². The Kier molecular flexibility index (Phi) is 4.32. The highest BCUT2D eigenvalue weighted by atomic mass is 79.9. The average Bonchev–Trinajstić information content (AvgIpc) is 2.39. The Balaban J connectivity index is 2.18. The van der Waals surface area contributed by atoms with Crippen LogP contribution in [-0.2, 0) is 4.79 Å². The summed E-state index contributed by atoms with van der Waals surface area (Å²) in [5.41, 5.74) is 5.80. The lowest BCUT2D eigenvalue weighted by Crippen LogP contribution is -2.59. The maximum atomic E-state index is 11.6. The lowest BCUT2D eigenvalue weighted by atomic mass is 9.87. The minimum Gasteiger partial charge on any atom is -0.369 e. The molecule has 0 aliphatic carbocycles. The number of anilines is 1. The Morgan fingerprint density at radius 2 is 2.16 bits per heavy atom. The van der Waals surface area contributed by atoms with E-state index in [0.717, 1.165) is 10.2 Å². The molecule has 1 aliphatic rings. The van der Waals surface area contributed by atoms with Gasteiger partial charge in [-0.05, 0) is 35.8 Å². The lowest BCUT2D eigenvalue weighted by Gasteiger charge is -2.40. The van der Waals surface area contributed by atoms with Gasteiger partial charge in [-0.1, -0.05) is 11.6 Å². The molecule has 1 aromatic heterocycles. The van der Waals surface area contributed by atoms with Gasteiger partial charge in [-0.2, -0.15) is 0 Å². The van der Waals surface area contributed by atoms with Gasteiger partial charge in [-0.25, -0.2) is 0 Å². The van der Waals surface area contributed by atoms with E-state index in [9.17, 15) is 4.79 Å². The molecular formula is C12H16BrClN4O. The second-order valence-corrected chi connectivity index (χ2v) is 5.90. The molecule has 0 radical (unpaired) electrons. The van der Waals surface area contributed by atoms with Crippen LogP contribution in [0.1, 0.15) is 12.8 Å². The number of primary amides is 1. The molecule has 0 bridgehead atoms. The topological polar surface area (TPSA) is 71.2 Å². The average molecular weight is 348 g/mol. The van der Waals surface area contributed by atoms with E-state index in [2.05, 4.69) is 31.1 Å². The Morgan fingerprint density at radius 3 is 2.63 bits per heavy atom. The van der Waals surface area contributed by atoms with Gasteiger partial charge in [0, 0.05) is 25.5 Å². The van der Waals surface area contributed by atoms with Crippen molar-refractivity contribution in [3.63, 3.8) is 0 Å². The number of carbonyl (C=O) groups excluding carboxylic acids is 1. The highest BCUT2D eigenvalue weighted by Crippen LogP contribution is 2.35. The fourth-order valence-electron chi connectivity index (χ4n) is 2.44. The molecule has 3 N–H and O–H groups in total. The van der Waals surface area contributed by atoms with Crippen molar-refractivity contribution in [1.82, 2.24) is 10.3 Å². The zero-order valence-corrected chi connectivity index (χ0v) is 13.0. The molecule has 0 saturated carbocycles. The summed E-state index contributed by atoms with van der Waals surface area (Å²) in [5.74, 6) is -0.297. The molecule has 1 aromatic rings. The van der Waals surface area contributed by atoms with Crippen molar-refractivity contribution < 1.29 is 4.79 Å². The molecule has 19 heavy (non-hydrogen) atoms. The summed E-state index contributed by atoms with van der Waals surface area (Å²) in [6, 6.07) is 0. The Hall–Kier alpha value is -0.850. The fraction of sp³-hybridized carbons (Fsp3) is 0.500. The summed E-state index contributed by atoms with van der Waals surface area (Å²) < 4.78 is 0.857. The molecule has 7 heteroatoms. The number of nitrogens with zero attached hydrogens (tertiary/aromatic N) is 2. The molecule has 0 spiro atoms. The minimum absolute atomic E-state index is 0.297. The summed E-state index contributed by atoms with van der Waals surface area (Å²) in [7, 11) is 1.77. The first-order valence-corrected chi connectivity index (χ1v) is 7.20. The highest BCUT2D eigenvalue weighted by molar-refractivity contribution is 9.10. The molecule has 1 saturated heterocycles. The van der Waals surface area contributed by atoms with Crippen molar-refractivity contribution in [3.8, 4) is 0 Å². The van der Waals surface area contributed by atoms with Crippen molar-refractivity contribution in [1.29, 1.82) is 0 Å². The quantitative estimate of drug-likeness (QED) is 0.870. The summed E-state index contributed by atoms with van der Waals surface area (Å²) in [6.45, 7) is 1.43. The van der Waals surface area contributed by atoms with E-state index in [0.29, 0.717) is 31.0 Å². The zero-order valence-electron chi connectivity index (χ0n) is 10.6. The monoisotopic (exact) mass is 346 g/mol. The SMILES string of the molecule is CNC1(C(N)=O)CCN(c2c(Cl)cncc2Br)CC1. The first-order valence-electron chi connectivity index (χ1n) is 6.03. The standard InChI is InChI=1S/C12H16BrClN4O/c1-16-12(11(15)19)2-4-18(5-3-12)10-8(13)6-17-7-9(10)14/h6-7,16H,2-5H2,1H3,(H2,15,19). The van der Waals surface area contributed by atoms with Gasteiger partial charge in [-0.15, -0.1) is 0 Å². The van der Waals surface area contributed by atoms with Crippen LogP contribution < -0.4 is 16.0 Å². The largest absolute Gasteiger partial charge is 0.369 e. The van der Waals surface area contributed by atoms with Crippen LogP contribution in [-0.4, -0.2) is 36.6 Å². The Morgan fingerprint density at radius 1 is 1.53 bits per heavy atom. The number of nitrogens with two attached hydrogens (primary N) is 1. The van der Waals surface area contributed by atoms with E-state index >= 15 is 0 Å². The number of piperidine rings is 1.